The highest BCUT2D eigenvalue weighted by Crippen LogP contribution is 2.26. The van der Waals surface area contributed by atoms with E-state index in [1.807, 2.05) is 21.1 Å². The monoisotopic (exact) mass is 639 g/mol. The highest BCUT2D eigenvalue weighted by molar-refractivity contribution is 5.93. The number of likely N-dealkylation sites (N-methyl/N-ethyl adjacent to an activating group) is 1. The number of carboxylic acid groups (broad SMARTS) is 1. The predicted octanol–water partition coefficient (Wildman–Crippen LogP) is 11.0. The standard InChI is InChI=1S/C39H75NO5/c1-6-8-10-12-14-16-18-20-22-24-26-28-30-32-36(41)39(34-37(42)43,35-40(3,4)5)45-38(44)33-31-29-27-25-23-21-19-17-15-13-11-9-7-2/h6-35H2,1-5H3/p+1. The molecule has 0 bridgehead atoms. The van der Waals surface area contributed by atoms with Crippen molar-refractivity contribution in [2.45, 2.75) is 206 Å². The van der Waals surface area contributed by atoms with E-state index < -0.39 is 24.0 Å². The van der Waals surface area contributed by atoms with Crippen molar-refractivity contribution in [3.8, 4) is 0 Å². The molecule has 266 valence electrons. The SMILES string of the molecule is CCCCCCCCCCCCCCCC(=O)OC(CC(=O)O)(C[N+](C)(C)C)C(=O)CCCCCCCCCCCCCCC. The zero-order valence-corrected chi connectivity index (χ0v) is 30.7. The number of hydrogen-bond acceptors (Lipinski definition) is 4. The van der Waals surface area contributed by atoms with Crippen molar-refractivity contribution in [1.82, 2.24) is 0 Å². The molecule has 6 nitrogen and oxygen atoms in total. The van der Waals surface area contributed by atoms with Gasteiger partial charge in [-0.25, -0.2) is 0 Å². The first-order chi connectivity index (χ1) is 21.6. The molecule has 0 amide bonds. The van der Waals surface area contributed by atoms with Gasteiger partial charge in [-0.15, -0.1) is 0 Å². The van der Waals surface area contributed by atoms with Gasteiger partial charge in [0, 0.05) is 12.8 Å². The molecule has 0 aliphatic carbocycles. The van der Waals surface area contributed by atoms with Crippen molar-refractivity contribution in [2.75, 3.05) is 27.7 Å². The number of ketones is 1. The van der Waals surface area contributed by atoms with Crippen molar-refractivity contribution in [1.29, 1.82) is 0 Å². The summed E-state index contributed by atoms with van der Waals surface area (Å²) in [5.41, 5.74) is -1.60. The van der Waals surface area contributed by atoms with E-state index in [0.29, 0.717) is 10.9 Å². The Morgan fingerprint density at radius 3 is 1.13 bits per heavy atom. The molecular weight excluding hydrogens is 562 g/mol. The normalized spacial score (nSPS) is 13.1. The van der Waals surface area contributed by atoms with E-state index in [2.05, 4.69) is 13.8 Å². The summed E-state index contributed by atoms with van der Waals surface area (Å²) in [6.45, 7) is 4.68. The van der Waals surface area contributed by atoms with Crippen LogP contribution in [-0.4, -0.2) is 60.6 Å². The molecule has 0 aromatic carbocycles. The number of quaternary nitrogens is 1. The number of carbonyl (C=O) groups is 3. The zero-order valence-electron chi connectivity index (χ0n) is 30.7. The van der Waals surface area contributed by atoms with Crippen LogP contribution < -0.4 is 0 Å². The number of aliphatic carboxylic acids is 1. The second-order valence-corrected chi connectivity index (χ2v) is 14.9. The molecule has 0 heterocycles. The lowest BCUT2D eigenvalue weighted by Crippen LogP contribution is -2.57. The number of unbranched alkanes of at least 4 members (excludes halogenated alkanes) is 24. The summed E-state index contributed by atoms with van der Waals surface area (Å²) in [5.74, 6) is -1.78. The molecule has 0 fully saturated rings. The van der Waals surface area contributed by atoms with Crippen LogP contribution in [0.5, 0.6) is 0 Å². The number of Topliss-reactive ketones (excluding diaryl/α,β-unsaturated/α-hetero) is 1. The maximum absolute atomic E-state index is 13.6. The van der Waals surface area contributed by atoms with Gasteiger partial charge in [-0.2, -0.15) is 0 Å². The van der Waals surface area contributed by atoms with Crippen LogP contribution in [0.1, 0.15) is 200 Å². The van der Waals surface area contributed by atoms with Crippen LogP contribution in [0.4, 0.5) is 0 Å². The lowest BCUT2D eigenvalue weighted by atomic mass is 9.89. The lowest BCUT2D eigenvalue weighted by Gasteiger charge is -2.37. The number of ether oxygens (including phenoxy) is 1. The van der Waals surface area contributed by atoms with Crippen molar-refractivity contribution in [3.05, 3.63) is 0 Å². The minimum absolute atomic E-state index is 0.168. The van der Waals surface area contributed by atoms with Gasteiger partial charge in [-0.1, -0.05) is 168 Å². The van der Waals surface area contributed by atoms with Gasteiger partial charge >= 0.3 is 11.9 Å². The number of rotatable bonds is 34. The van der Waals surface area contributed by atoms with Crippen molar-refractivity contribution in [3.63, 3.8) is 0 Å². The molecule has 0 spiro atoms. The van der Waals surface area contributed by atoms with E-state index in [4.69, 9.17) is 4.74 Å². The second-order valence-electron chi connectivity index (χ2n) is 14.9. The molecule has 0 radical (unpaired) electrons. The van der Waals surface area contributed by atoms with Crippen LogP contribution in [0.25, 0.3) is 0 Å². The first-order valence-corrected chi connectivity index (χ1v) is 19.3. The topological polar surface area (TPSA) is 80.7 Å². The van der Waals surface area contributed by atoms with Gasteiger partial charge in [0.05, 0.1) is 27.6 Å². The van der Waals surface area contributed by atoms with Crippen molar-refractivity contribution < 1.29 is 28.7 Å². The lowest BCUT2D eigenvalue weighted by molar-refractivity contribution is -0.875. The summed E-state index contributed by atoms with van der Waals surface area (Å²) >= 11 is 0. The molecule has 1 atom stereocenters. The molecular formula is C39H76NO5+. The molecule has 0 aromatic rings. The van der Waals surface area contributed by atoms with Crippen LogP contribution in [0, 0.1) is 0 Å². The highest BCUT2D eigenvalue weighted by Gasteiger charge is 2.48. The van der Waals surface area contributed by atoms with Gasteiger partial charge in [-0.05, 0) is 12.8 Å². The number of carboxylic acids is 1. The van der Waals surface area contributed by atoms with Crippen LogP contribution in [0.15, 0.2) is 0 Å². The molecule has 0 saturated heterocycles. The van der Waals surface area contributed by atoms with Gasteiger partial charge in [0.15, 0.2) is 5.78 Å². The number of hydrogen-bond donors (Lipinski definition) is 1. The fourth-order valence-electron chi connectivity index (χ4n) is 6.47. The molecule has 0 rings (SSSR count). The fraction of sp³-hybridized carbons (Fsp3) is 0.923. The summed E-state index contributed by atoms with van der Waals surface area (Å²) in [6, 6.07) is 0. The maximum atomic E-state index is 13.6. The Hall–Kier alpha value is -1.43. The van der Waals surface area contributed by atoms with Crippen LogP contribution in [-0.2, 0) is 19.1 Å². The quantitative estimate of drug-likeness (QED) is 0.0431. The molecule has 0 aliphatic rings. The molecule has 0 aromatic heterocycles. The molecule has 0 aliphatic heterocycles. The summed E-state index contributed by atoms with van der Waals surface area (Å²) < 4.78 is 6.22. The Kier molecular flexibility index (Phi) is 27.9. The Morgan fingerprint density at radius 2 is 0.822 bits per heavy atom. The second kappa shape index (κ2) is 28.8. The van der Waals surface area contributed by atoms with Crippen LogP contribution in [0.3, 0.4) is 0 Å². The molecule has 0 saturated carbocycles. The highest BCUT2D eigenvalue weighted by atomic mass is 16.6. The van der Waals surface area contributed by atoms with E-state index in [1.54, 1.807) is 0 Å². The Labute approximate surface area is 279 Å². The minimum atomic E-state index is -1.60. The smallest absolute Gasteiger partial charge is 0.308 e. The minimum Gasteiger partial charge on any atom is -0.481 e. The molecule has 1 N–H and O–H groups in total. The van der Waals surface area contributed by atoms with E-state index in [1.165, 1.54) is 128 Å². The summed E-state index contributed by atoms with van der Waals surface area (Å²) in [5, 5.41) is 9.74. The third-order valence-electron chi connectivity index (χ3n) is 8.98. The number of carbonyl (C=O) groups excluding carboxylic acids is 2. The van der Waals surface area contributed by atoms with E-state index in [0.717, 1.165) is 32.1 Å². The Balaban J connectivity index is 4.47. The van der Waals surface area contributed by atoms with Gasteiger partial charge in [0.1, 0.15) is 6.54 Å². The molecule has 45 heavy (non-hydrogen) atoms. The van der Waals surface area contributed by atoms with Gasteiger partial charge in [-0.3, -0.25) is 14.4 Å². The van der Waals surface area contributed by atoms with Gasteiger partial charge in [0.25, 0.3) is 0 Å². The summed E-state index contributed by atoms with van der Waals surface area (Å²) in [4.78, 5) is 38.4. The first kappa shape index (κ1) is 43.6. The van der Waals surface area contributed by atoms with Gasteiger partial charge in [0.2, 0.25) is 5.60 Å². The maximum Gasteiger partial charge on any atom is 0.308 e. The van der Waals surface area contributed by atoms with Crippen LogP contribution >= 0.6 is 0 Å². The van der Waals surface area contributed by atoms with Gasteiger partial charge < -0.3 is 14.3 Å². The van der Waals surface area contributed by atoms with Crippen LogP contribution in [0.2, 0.25) is 0 Å². The predicted molar refractivity (Wildman–Crippen MR) is 190 cm³/mol. The Bertz CT molecular complexity index is 731. The van der Waals surface area contributed by atoms with E-state index in [9.17, 15) is 19.5 Å². The molecule has 1 unspecified atom stereocenters. The van der Waals surface area contributed by atoms with Crippen molar-refractivity contribution in [2.24, 2.45) is 0 Å². The first-order valence-electron chi connectivity index (χ1n) is 19.3. The molecule has 6 heteroatoms. The fourth-order valence-corrected chi connectivity index (χ4v) is 6.47. The Morgan fingerprint density at radius 1 is 0.511 bits per heavy atom. The van der Waals surface area contributed by atoms with E-state index in [-0.39, 0.29) is 25.2 Å². The van der Waals surface area contributed by atoms with E-state index >= 15 is 0 Å². The van der Waals surface area contributed by atoms with Crippen molar-refractivity contribution >= 4 is 17.7 Å². The number of nitrogens with zero attached hydrogens (tertiary/aromatic N) is 1. The third-order valence-corrected chi connectivity index (χ3v) is 8.98. The average molecular weight is 639 g/mol. The zero-order chi connectivity index (χ0) is 33.7. The summed E-state index contributed by atoms with van der Waals surface area (Å²) in [7, 11) is 5.74. The number of esters is 1. The third kappa shape index (κ3) is 27.4. The largest absolute Gasteiger partial charge is 0.481 e. The summed E-state index contributed by atoms with van der Waals surface area (Å²) in [6.07, 6.45) is 31.8. The average Bonchev–Trinajstić information content (AvgIpc) is 2.96.